The Kier molecular flexibility index (Phi) is 5.86. The number of alkyl halides is 1. The van der Waals surface area contributed by atoms with Crippen molar-refractivity contribution in [1.82, 2.24) is 14.7 Å². The molecule has 0 bridgehead atoms. The summed E-state index contributed by atoms with van der Waals surface area (Å²) in [6.07, 6.45) is -0.716. The van der Waals surface area contributed by atoms with Gasteiger partial charge < -0.3 is 14.5 Å². The fourth-order valence-corrected chi connectivity index (χ4v) is 4.22. The van der Waals surface area contributed by atoms with Gasteiger partial charge in [0, 0.05) is 50.7 Å². The van der Waals surface area contributed by atoms with Gasteiger partial charge in [-0.1, -0.05) is 6.07 Å². The van der Waals surface area contributed by atoms with Crippen molar-refractivity contribution in [3.05, 3.63) is 22.4 Å². The van der Waals surface area contributed by atoms with Crippen LogP contribution in [0, 0.1) is 0 Å². The van der Waals surface area contributed by atoms with Gasteiger partial charge in [-0.2, -0.15) is 0 Å². The summed E-state index contributed by atoms with van der Waals surface area (Å²) in [6, 6.07) is 4.16. The van der Waals surface area contributed by atoms with Crippen molar-refractivity contribution >= 4 is 17.2 Å². The highest BCUT2D eigenvalue weighted by atomic mass is 32.1. The Labute approximate surface area is 147 Å². The Hall–Kier alpha value is -1.02. The predicted octanol–water partition coefficient (Wildman–Crippen LogP) is 1.45. The summed E-state index contributed by atoms with van der Waals surface area (Å²) >= 11 is 1.69. The van der Waals surface area contributed by atoms with Gasteiger partial charge in [0.15, 0.2) is 0 Å². The van der Waals surface area contributed by atoms with Crippen molar-refractivity contribution in [1.29, 1.82) is 0 Å². The third-order valence-corrected chi connectivity index (χ3v) is 5.68. The van der Waals surface area contributed by atoms with E-state index in [4.69, 9.17) is 4.74 Å². The minimum absolute atomic E-state index is 0.0000632. The Morgan fingerprint density at radius 3 is 3.04 bits per heavy atom. The van der Waals surface area contributed by atoms with E-state index >= 15 is 0 Å². The van der Waals surface area contributed by atoms with Crippen LogP contribution in [-0.2, 0) is 16.1 Å². The quantitative estimate of drug-likeness (QED) is 0.801. The number of ether oxygens (including phenoxy) is 1. The van der Waals surface area contributed by atoms with Gasteiger partial charge in [0.2, 0.25) is 0 Å². The van der Waals surface area contributed by atoms with Gasteiger partial charge in [0.25, 0.3) is 5.91 Å². The van der Waals surface area contributed by atoms with Gasteiger partial charge in [-0.15, -0.1) is 11.3 Å². The molecule has 0 saturated carbocycles. The first-order valence-corrected chi connectivity index (χ1v) is 9.36. The SMILES string of the molecule is CN1CCOC(C(=O)N(C)C[C@@H]2C[C@H](F)CN2Cc2cccs2)C1. The fraction of sp³-hybridized carbons (Fsp3) is 0.706. The van der Waals surface area contributed by atoms with Crippen LogP contribution in [0.3, 0.4) is 0 Å². The van der Waals surface area contributed by atoms with Crippen LogP contribution >= 0.6 is 11.3 Å². The highest BCUT2D eigenvalue weighted by molar-refractivity contribution is 7.09. The molecular weight excluding hydrogens is 329 g/mol. The molecule has 1 aromatic rings. The first-order chi connectivity index (χ1) is 11.5. The number of nitrogens with zero attached hydrogens (tertiary/aromatic N) is 3. The van der Waals surface area contributed by atoms with Gasteiger partial charge in [0.1, 0.15) is 12.3 Å². The van der Waals surface area contributed by atoms with Gasteiger partial charge in [0.05, 0.1) is 6.61 Å². The van der Waals surface area contributed by atoms with Gasteiger partial charge in [-0.25, -0.2) is 4.39 Å². The predicted molar refractivity (Wildman–Crippen MR) is 92.9 cm³/mol. The number of carbonyl (C=O) groups excluding carboxylic acids is 1. The van der Waals surface area contributed by atoms with Gasteiger partial charge in [-0.05, 0) is 24.9 Å². The van der Waals surface area contributed by atoms with E-state index in [-0.39, 0.29) is 11.9 Å². The first-order valence-electron chi connectivity index (χ1n) is 8.48. The maximum absolute atomic E-state index is 13.9. The molecule has 0 radical (unpaired) electrons. The molecule has 3 heterocycles. The molecule has 134 valence electrons. The molecule has 1 amide bonds. The molecule has 0 spiro atoms. The zero-order valence-electron chi connectivity index (χ0n) is 14.4. The van der Waals surface area contributed by atoms with E-state index in [9.17, 15) is 9.18 Å². The summed E-state index contributed by atoms with van der Waals surface area (Å²) in [5.41, 5.74) is 0. The summed E-state index contributed by atoms with van der Waals surface area (Å²) in [5.74, 6) is -0.0000632. The molecular formula is C17H26FN3O2S. The van der Waals surface area contributed by atoms with E-state index in [1.807, 2.05) is 18.5 Å². The molecule has 2 saturated heterocycles. The normalized spacial score (nSPS) is 29.0. The van der Waals surface area contributed by atoms with Crippen LogP contribution < -0.4 is 0 Å². The number of morpholine rings is 1. The lowest BCUT2D eigenvalue weighted by atomic mass is 10.1. The van der Waals surface area contributed by atoms with Gasteiger partial charge in [-0.3, -0.25) is 9.69 Å². The minimum atomic E-state index is -0.810. The summed E-state index contributed by atoms with van der Waals surface area (Å²) in [5, 5.41) is 2.04. The van der Waals surface area contributed by atoms with Crippen molar-refractivity contribution < 1.29 is 13.9 Å². The van der Waals surface area contributed by atoms with Crippen molar-refractivity contribution in [2.75, 3.05) is 46.9 Å². The molecule has 2 aliphatic heterocycles. The first kappa shape index (κ1) is 17.8. The average molecular weight is 355 g/mol. The molecule has 3 atom stereocenters. The Morgan fingerprint density at radius 2 is 2.33 bits per heavy atom. The van der Waals surface area contributed by atoms with Crippen LogP contribution in [0.25, 0.3) is 0 Å². The molecule has 5 nitrogen and oxygen atoms in total. The third kappa shape index (κ3) is 4.33. The summed E-state index contributed by atoms with van der Waals surface area (Å²) in [6.45, 7) is 3.82. The van der Waals surface area contributed by atoms with Crippen molar-refractivity contribution in [2.24, 2.45) is 0 Å². The number of rotatable bonds is 5. The number of amides is 1. The Bertz CT molecular complexity index is 542. The molecule has 2 aliphatic rings. The lowest BCUT2D eigenvalue weighted by Gasteiger charge is -2.33. The van der Waals surface area contributed by atoms with E-state index in [0.717, 1.165) is 13.1 Å². The Morgan fingerprint density at radius 1 is 1.50 bits per heavy atom. The number of thiophene rings is 1. The molecule has 24 heavy (non-hydrogen) atoms. The zero-order chi connectivity index (χ0) is 17.1. The van der Waals surface area contributed by atoms with E-state index in [1.165, 1.54) is 4.88 Å². The van der Waals surface area contributed by atoms with Crippen LogP contribution in [0.4, 0.5) is 4.39 Å². The van der Waals surface area contributed by atoms with E-state index in [1.54, 1.807) is 23.3 Å². The molecule has 7 heteroatoms. The standard InChI is InChI=1S/C17H26FN3O2S/c1-19-5-6-23-16(12-19)17(22)20(2)10-14-8-13(18)9-21(14)11-15-4-3-7-24-15/h3-4,7,13-14,16H,5-6,8-12H2,1-2H3/t13-,14-,16?/m0/s1. The molecule has 1 aromatic heterocycles. The van der Waals surface area contributed by atoms with Crippen LogP contribution in [-0.4, -0.2) is 85.8 Å². The number of likely N-dealkylation sites (tertiary alicyclic amines) is 1. The van der Waals surface area contributed by atoms with Gasteiger partial charge >= 0.3 is 0 Å². The number of hydrogen-bond donors (Lipinski definition) is 0. The van der Waals surface area contributed by atoms with Crippen LogP contribution in [0.5, 0.6) is 0 Å². The zero-order valence-corrected chi connectivity index (χ0v) is 15.2. The second kappa shape index (κ2) is 7.91. The van der Waals surface area contributed by atoms with Crippen LogP contribution in [0.15, 0.2) is 17.5 Å². The van der Waals surface area contributed by atoms with Crippen molar-refractivity contribution in [3.8, 4) is 0 Å². The topological polar surface area (TPSA) is 36.0 Å². The van der Waals surface area contributed by atoms with Crippen LogP contribution in [0.1, 0.15) is 11.3 Å². The number of carbonyl (C=O) groups is 1. The number of halogens is 1. The average Bonchev–Trinajstić information content (AvgIpc) is 3.17. The lowest BCUT2D eigenvalue weighted by Crippen LogP contribution is -2.51. The lowest BCUT2D eigenvalue weighted by molar-refractivity contribution is -0.148. The summed E-state index contributed by atoms with van der Waals surface area (Å²) in [7, 11) is 3.80. The molecule has 0 N–H and O–H groups in total. The molecule has 1 unspecified atom stereocenters. The van der Waals surface area contributed by atoms with Crippen LogP contribution in [0.2, 0.25) is 0 Å². The fourth-order valence-electron chi connectivity index (χ4n) is 3.49. The summed E-state index contributed by atoms with van der Waals surface area (Å²) in [4.78, 5) is 19.8. The largest absolute Gasteiger partial charge is 0.366 e. The number of hydrogen-bond acceptors (Lipinski definition) is 5. The highest BCUT2D eigenvalue weighted by Gasteiger charge is 2.35. The monoisotopic (exact) mass is 355 g/mol. The second-order valence-corrected chi connectivity index (χ2v) is 7.87. The van der Waals surface area contributed by atoms with E-state index in [2.05, 4.69) is 15.9 Å². The molecule has 2 fully saturated rings. The third-order valence-electron chi connectivity index (χ3n) is 4.82. The number of likely N-dealkylation sites (N-methyl/N-ethyl adjacent to an activating group) is 2. The highest BCUT2D eigenvalue weighted by Crippen LogP contribution is 2.25. The summed E-state index contributed by atoms with van der Waals surface area (Å²) < 4.78 is 19.5. The second-order valence-electron chi connectivity index (χ2n) is 6.84. The maximum Gasteiger partial charge on any atom is 0.252 e. The minimum Gasteiger partial charge on any atom is -0.366 e. The molecule has 0 aromatic carbocycles. The smallest absolute Gasteiger partial charge is 0.252 e. The van der Waals surface area contributed by atoms with E-state index < -0.39 is 12.3 Å². The molecule has 3 rings (SSSR count). The molecule has 0 aliphatic carbocycles. The van der Waals surface area contributed by atoms with Crippen molar-refractivity contribution in [2.45, 2.75) is 31.3 Å². The Balaban J connectivity index is 1.57. The maximum atomic E-state index is 13.9. The van der Waals surface area contributed by atoms with Crippen molar-refractivity contribution in [3.63, 3.8) is 0 Å². The van der Waals surface area contributed by atoms with E-state index in [0.29, 0.717) is 32.7 Å².